The monoisotopic (exact) mass is 494 g/mol. The molecule has 1 N–H and O–H groups in total. The Morgan fingerprint density at radius 2 is 1.30 bits per heavy atom. The maximum absolute atomic E-state index is 14.0. The first kappa shape index (κ1) is 24.2. The van der Waals surface area contributed by atoms with Crippen molar-refractivity contribution in [2.24, 2.45) is 0 Å². The van der Waals surface area contributed by atoms with E-state index in [4.69, 9.17) is 4.42 Å². The number of nitro benzene ring substituents is 1. The highest BCUT2D eigenvalue weighted by Crippen LogP contribution is 2.42. The third-order valence-corrected chi connectivity index (χ3v) is 6.72. The zero-order chi connectivity index (χ0) is 25.8. The smallest absolute Gasteiger partial charge is 0.280 e. The first-order valence-corrected chi connectivity index (χ1v) is 12.4. The molecule has 1 aromatic heterocycles. The number of benzene rings is 3. The number of nitrogens with one attached hydrogen (secondary N) is 1. The van der Waals surface area contributed by atoms with Crippen LogP contribution in [0.15, 0.2) is 89.3 Å². The van der Waals surface area contributed by atoms with Crippen molar-refractivity contribution >= 4 is 23.1 Å². The van der Waals surface area contributed by atoms with E-state index in [2.05, 4.69) is 5.32 Å². The lowest BCUT2D eigenvalue weighted by Crippen LogP contribution is -2.23. The number of carbonyl (C=O) groups excluding carboxylic acids is 2. The quantitative estimate of drug-likeness (QED) is 0.160. The fourth-order valence-corrected chi connectivity index (χ4v) is 4.88. The highest BCUT2D eigenvalue weighted by Gasteiger charge is 2.35. The Balaban J connectivity index is 1.77. The van der Waals surface area contributed by atoms with Crippen molar-refractivity contribution in [2.45, 2.75) is 38.1 Å². The first-order chi connectivity index (χ1) is 18.0. The number of furan rings is 1. The van der Waals surface area contributed by atoms with Crippen LogP contribution < -0.4 is 5.32 Å². The molecule has 5 rings (SSSR count). The Bertz CT molecular complexity index is 1440. The average molecular weight is 495 g/mol. The fraction of sp³-hybridized carbons (Fsp3) is 0.200. The van der Waals surface area contributed by atoms with Crippen molar-refractivity contribution in [1.29, 1.82) is 0 Å². The Hall–Kier alpha value is -4.52. The second kappa shape index (κ2) is 10.6. The number of nitro groups is 1. The van der Waals surface area contributed by atoms with Crippen LogP contribution in [0.25, 0.3) is 11.3 Å². The van der Waals surface area contributed by atoms with Gasteiger partial charge in [-0.3, -0.25) is 19.7 Å². The van der Waals surface area contributed by atoms with E-state index in [0.29, 0.717) is 11.1 Å². The molecule has 7 nitrogen and oxygen atoms in total. The van der Waals surface area contributed by atoms with Crippen molar-refractivity contribution in [2.75, 3.05) is 5.32 Å². The van der Waals surface area contributed by atoms with Gasteiger partial charge in [0.1, 0.15) is 0 Å². The highest BCUT2D eigenvalue weighted by atomic mass is 16.6. The summed E-state index contributed by atoms with van der Waals surface area (Å²) in [5, 5.41) is 15.3. The van der Waals surface area contributed by atoms with Gasteiger partial charge >= 0.3 is 0 Å². The van der Waals surface area contributed by atoms with Gasteiger partial charge in [0.2, 0.25) is 5.88 Å². The highest BCUT2D eigenvalue weighted by molar-refractivity contribution is 6.24. The van der Waals surface area contributed by atoms with Gasteiger partial charge in [-0.15, -0.1) is 0 Å². The van der Waals surface area contributed by atoms with E-state index in [1.807, 2.05) is 6.07 Å². The minimum absolute atomic E-state index is 0.0127. The summed E-state index contributed by atoms with van der Waals surface area (Å²) in [5.41, 5.74) is 0.805. The molecule has 0 spiro atoms. The van der Waals surface area contributed by atoms with Crippen LogP contribution in [0.4, 0.5) is 11.6 Å². The van der Waals surface area contributed by atoms with E-state index >= 15 is 0 Å². The first-order valence-electron chi connectivity index (χ1n) is 12.4. The Labute approximate surface area is 214 Å². The number of carbonyl (C=O) groups is 2. The van der Waals surface area contributed by atoms with Crippen LogP contribution in [0.1, 0.15) is 63.9 Å². The van der Waals surface area contributed by atoms with Gasteiger partial charge in [0, 0.05) is 23.2 Å². The van der Waals surface area contributed by atoms with E-state index in [1.54, 1.807) is 72.8 Å². The van der Waals surface area contributed by atoms with Gasteiger partial charge < -0.3 is 9.73 Å². The largest absolute Gasteiger partial charge is 0.439 e. The lowest BCUT2D eigenvalue weighted by Gasteiger charge is -2.23. The van der Waals surface area contributed by atoms with Crippen LogP contribution in [0, 0.1) is 10.1 Å². The topological polar surface area (TPSA) is 102 Å². The summed E-state index contributed by atoms with van der Waals surface area (Å²) in [6.07, 6.45) is 5.05. The van der Waals surface area contributed by atoms with Crippen LogP contribution in [0.5, 0.6) is 0 Å². The molecule has 0 aliphatic heterocycles. The summed E-state index contributed by atoms with van der Waals surface area (Å²) in [7, 11) is 0. The second-order valence-electron chi connectivity index (χ2n) is 9.15. The molecular weight excluding hydrogens is 468 g/mol. The lowest BCUT2D eigenvalue weighted by molar-refractivity contribution is -0.384. The molecule has 1 fully saturated rings. The minimum atomic E-state index is -0.512. The number of anilines is 1. The summed E-state index contributed by atoms with van der Waals surface area (Å²) in [5.74, 6) is -0.632. The maximum atomic E-state index is 14.0. The molecule has 37 heavy (non-hydrogen) atoms. The van der Waals surface area contributed by atoms with E-state index in [-0.39, 0.29) is 45.8 Å². The van der Waals surface area contributed by atoms with Gasteiger partial charge in [-0.1, -0.05) is 92.1 Å². The predicted molar refractivity (Wildman–Crippen MR) is 141 cm³/mol. The third kappa shape index (κ3) is 4.93. The number of ketones is 2. The maximum Gasteiger partial charge on any atom is 0.280 e. The number of hydrogen-bond donors (Lipinski definition) is 1. The van der Waals surface area contributed by atoms with E-state index in [1.165, 1.54) is 6.07 Å². The Morgan fingerprint density at radius 3 is 1.89 bits per heavy atom. The minimum Gasteiger partial charge on any atom is -0.439 e. The van der Waals surface area contributed by atoms with Gasteiger partial charge in [0.25, 0.3) is 5.69 Å². The molecule has 3 aromatic carbocycles. The molecule has 0 atom stereocenters. The molecule has 0 unspecified atom stereocenters. The summed E-state index contributed by atoms with van der Waals surface area (Å²) < 4.78 is 6.25. The van der Waals surface area contributed by atoms with Crippen LogP contribution in [0.3, 0.4) is 0 Å². The van der Waals surface area contributed by atoms with E-state index < -0.39 is 10.7 Å². The number of rotatable bonds is 8. The van der Waals surface area contributed by atoms with Crippen molar-refractivity contribution in [3.63, 3.8) is 0 Å². The summed E-state index contributed by atoms with van der Waals surface area (Å²) >= 11 is 0. The fourth-order valence-electron chi connectivity index (χ4n) is 4.88. The van der Waals surface area contributed by atoms with Crippen LogP contribution in [0.2, 0.25) is 0 Å². The SMILES string of the molecule is O=C(c1ccccc1)c1c(NC2CCCCC2)oc(-c2ccccc2[N+](=O)[O-])c1C(=O)c1ccccc1. The van der Waals surface area contributed by atoms with E-state index in [9.17, 15) is 19.7 Å². The molecule has 0 amide bonds. The third-order valence-electron chi connectivity index (χ3n) is 6.72. The van der Waals surface area contributed by atoms with Gasteiger partial charge in [0.05, 0.1) is 21.6 Å². The standard InChI is InChI=1S/C30H26N2O5/c33-27(20-12-4-1-5-13-20)25-26(28(34)21-14-6-2-7-15-21)30(31-22-16-8-3-9-17-22)37-29(25)23-18-10-11-19-24(23)32(35)36/h1-2,4-7,10-15,18-19,22,31H,3,8-9,16-17H2. The van der Waals surface area contributed by atoms with Crippen LogP contribution >= 0.6 is 0 Å². The molecule has 1 saturated carbocycles. The normalized spacial score (nSPS) is 13.7. The Kier molecular flexibility index (Phi) is 6.94. The summed E-state index contributed by atoms with van der Waals surface area (Å²) in [6, 6.07) is 23.4. The van der Waals surface area contributed by atoms with Gasteiger partial charge in [-0.05, 0) is 18.9 Å². The predicted octanol–water partition coefficient (Wildman–Crippen LogP) is 7.06. The molecule has 1 aliphatic carbocycles. The molecule has 0 radical (unpaired) electrons. The van der Waals surface area contributed by atoms with Crippen molar-refractivity contribution < 1.29 is 18.9 Å². The van der Waals surface area contributed by atoms with Gasteiger partial charge in [-0.25, -0.2) is 0 Å². The Morgan fingerprint density at radius 1 is 0.757 bits per heavy atom. The second-order valence-corrected chi connectivity index (χ2v) is 9.15. The lowest BCUT2D eigenvalue weighted by atomic mass is 9.91. The van der Waals surface area contributed by atoms with Gasteiger partial charge in [-0.2, -0.15) is 0 Å². The summed E-state index contributed by atoms with van der Waals surface area (Å²) in [6.45, 7) is 0. The number of nitrogens with zero attached hydrogens (tertiary/aromatic N) is 1. The van der Waals surface area contributed by atoms with Crippen molar-refractivity contribution in [3.05, 3.63) is 117 Å². The van der Waals surface area contributed by atoms with Crippen LogP contribution in [-0.2, 0) is 0 Å². The van der Waals surface area contributed by atoms with Crippen molar-refractivity contribution in [1.82, 2.24) is 0 Å². The zero-order valence-corrected chi connectivity index (χ0v) is 20.2. The number of para-hydroxylation sites is 1. The number of hydrogen-bond acceptors (Lipinski definition) is 6. The molecule has 0 bridgehead atoms. The van der Waals surface area contributed by atoms with Gasteiger partial charge in [0.15, 0.2) is 17.3 Å². The molecule has 1 aliphatic rings. The zero-order valence-electron chi connectivity index (χ0n) is 20.2. The summed E-state index contributed by atoms with van der Waals surface area (Å²) in [4.78, 5) is 39.3. The molecule has 4 aromatic rings. The average Bonchev–Trinajstić information content (AvgIpc) is 3.32. The molecule has 7 heteroatoms. The molecule has 1 heterocycles. The molecule has 0 saturated heterocycles. The van der Waals surface area contributed by atoms with Crippen LogP contribution in [-0.4, -0.2) is 22.5 Å². The van der Waals surface area contributed by atoms with Crippen molar-refractivity contribution in [3.8, 4) is 11.3 Å². The molecule has 186 valence electrons. The molecular formula is C30H26N2O5. The van der Waals surface area contributed by atoms with E-state index in [0.717, 1.165) is 32.1 Å².